The first-order valence-corrected chi connectivity index (χ1v) is 10.7. The van der Waals surface area contributed by atoms with Crippen molar-refractivity contribution in [2.45, 2.75) is 6.54 Å². The number of benzene rings is 2. The first-order valence-electron chi connectivity index (χ1n) is 9.46. The van der Waals surface area contributed by atoms with Gasteiger partial charge in [0.1, 0.15) is 10.6 Å². The van der Waals surface area contributed by atoms with E-state index >= 15 is 0 Å². The summed E-state index contributed by atoms with van der Waals surface area (Å²) in [5.41, 5.74) is 1.95. The largest absolute Gasteiger partial charge is 0.336 e. The summed E-state index contributed by atoms with van der Waals surface area (Å²) < 4.78 is 0. The van der Waals surface area contributed by atoms with Gasteiger partial charge in [0.05, 0.1) is 17.2 Å². The van der Waals surface area contributed by atoms with Crippen molar-refractivity contribution in [3.8, 4) is 11.3 Å². The maximum absolute atomic E-state index is 12.8. The number of amides is 1. The Morgan fingerprint density at radius 1 is 1.10 bits per heavy atom. The number of nitro groups is 1. The maximum atomic E-state index is 12.8. The van der Waals surface area contributed by atoms with E-state index in [4.69, 9.17) is 16.6 Å². The third-order valence-electron chi connectivity index (χ3n) is 5.04. The van der Waals surface area contributed by atoms with Crippen molar-refractivity contribution in [3.05, 3.63) is 79.6 Å². The van der Waals surface area contributed by atoms with Gasteiger partial charge in [0.25, 0.3) is 11.6 Å². The van der Waals surface area contributed by atoms with Crippen LogP contribution in [-0.2, 0) is 6.54 Å². The van der Waals surface area contributed by atoms with Crippen LogP contribution in [0, 0.1) is 10.1 Å². The molecule has 1 aromatic heterocycles. The summed E-state index contributed by atoms with van der Waals surface area (Å²) in [4.78, 5) is 32.1. The van der Waals surface area contributed by atoms with Crippen LogP contribution in [0.3, 0.4) is 0 Å². The number of nitrogens with zero attached hydrogens (tertiary/aromatic N) is 4. The molecule has 1 aliphatic rings. The van der Waals surface area contributed by atoms with Crippen LogP contribution in [0.5, 0.6) is 0 Å². The molecule has 0 saturated carbocycles. The van der Waals surface area contributed by atoms with Gasteiger partial charge in [0.15, 0.2) is 0 Å². The molecule has 1 fully saturated rings. The molecule has 30 heavy (non-hydrogen) atoms. The van der Waals surface area contributed by atoms with Crippen LogP contribution in [0.15, 0.2) is 53.9 Å². The van der Waals surface area contributed by atoms with Gasteiger partial charge < -0.3 is 4.90 Å². The Labute approximate surface area is 182 Å². The zero-order chi connectivity index (χ0) is 21.1. The van der Waals surface area contributed by atoms with Crippen molar-refractivity contribution in [2.24, 2.45) is 0 Å². The molecule has 0 bridgehead atoms. The van der Waals surface area contributed by atoms with Crippen LogP contribution in [0.25, 0.3) is 11.3 Å². The molecule has 0 radical (unpaired) electrons. The van der Waals surface area contributed by atoms with E-state index in [-0.39, 0.29) is 17.2 Å². The Kier molecular flexibility index (Phi) is 6.08. The van der Waals surface area contributed by atoms with Crippen molar-refractivity contribution in [3.63, 3.8) is 0 Å². The molecule has 1 aliphatic heterocycles. The molecule has 2 heterocycles. The summed E-state index contributed by atoms with van der Waals surface area (Å²) in [5.74, 6) is -0.291. The average molecular weight is 443 g/mol. The molecule has 2 aromatic carbocycles. The van der Waals surface area contributed by atoms with Gasteiger partial charge in [0.2, 0.25) is 0 Å². The first-order chi connectivity index (χ1) is 14.5. The molecule has 0 atom stereocenters. The minimum atomic E-state index is -0.510. The van der Waals surface area contributed by atoms with E-state index in [1.54, 1.807) is 28.4 Å². The lowest BCUT2D eigenvalue weighted by Gasteiger charge is -2.34. The van der Waals surface area contributed by atoms with Gasteiger partial charge in [-0.15, -0.1) is 11.3 Å². The Bertz CT molecular complexity index is 1060. The highest BCUT2D eigenvalue weighted by Crippen LogP contribution is 2.25. The van der Waals surface area contributed by atoms with Gasteiger partial charge in [-0.25, -0.2) is 4.98 Å². The molecule has 1 saturated heterocycles. The Balaban J connectivity index is 1.36. The standard InChI is InChI=1S/C21H19ClN4O3S/c22-16-7-5-15(6-8-16)18-14-30-20(23-18)13-24-9-11-25(12-10-24)21(27)17-3-1-2-4-19(17)26(28)29/h1-8,14H,9-13H2. The number of nitro benzene ring substituents is 1. The molecule has 7 nitrogen and oxygen atoms in total. The predicted molar refractivity (Wildman–Crippen MR) is 117 cm³/mol. The fraction of sp³-hybridized carbons (Fsp3) is 0.238. The van der Waals surface area contributed by atoms with Gasteiger partial charge in [-0.2, -0.15) is 0 Å². The Morgan fingerprint density at radius 2 is 1.80 bits per heavy atom. The quantitative estimate of drug-likeness (QED) is 0.434. The lowest BCUT2D eigenvalue weighted by molar-refractivity contribution is -0.385. The molecule has 3 aromatic rings. The highest BCUT2D eigenvalue weighted by molar-refractivity contribution is 7.09. The molecule has 0 N–H and O–H groups in total. The lowest BCUT2D eigenvalue weighted by atomic mass is 10.1. The normalized spacial score (nSPS) is 14.6. The van der Waals surface area contributed by atoms with Crippen LogP contribution in [0.4, 0.5) is 5.69 Å². The van der Waals surface area contributed by atoms with Crippen LogP contribution < -0.4 is 0 Å². The molecule has 0 aliphatic carbocycles. The molecule has 4 rings (SSSR count). The van der Waals surface area contributed by atoms with Crippen molar-refractivity contribution in [2.75, 3.05) is 26.2 Å². The fourth-order valence-electron chi connectivity index (χ4n) is 3.42. The van der Waals surface area contributed by atoms with E-state index in [9.17, 15) is 14.9 Å². The van der Waals surface area contributed by atoms with Crippen molar-refractivity contribution in [1.82, 2.24) is 14.8 Å². The third-order valence-corrected chi connectivity index (χ3v) is 6.13. The van der Waals surface area contributed by atoms with Crippen LogP contribution in [0.1, 0.15) is 15.4 Å². The van der Waals surface area contributed by atoms with E-state index < -0.39 is 4.92 Å². The molecule has 9 heteroatoms. The van der Waals surface area contributed by atoms with Crippen LogP contribution >= 0.6 is 22.9 Å². The van der Waals surface area contributed by atoms with Gasteiger partial charge >= 0.3 is 0 Å². The number of aromatic nitrogens is 1. The molecular formula is C21H19ClN4O3S. The molecule has 0 unspecified atom stereocenters. The topological polar surface area (TPSA) is 79.6 Å². The molecule has 0 spiro atoms. The van der Waals surface area contributed by atoms with Gasteiger partial charge in [-0.05, 0) is 18.2 Å². The van der Waals surface area contributed by atoms with E-state index in [1.165, 1.54) is 12.1 Å². The van der Waals surface area contributed by atoms with Gasteiger partial charge in [0, 0.05) is 48.2 Å². The van der Waals surface area contributed by atoms with E-state index in [0.29, 0.717) is 37.7 Å². The number of piperazine rings is 1. The van der Waals surface area contributed by atoms with Crippen LogP contribution in [0.2, 0.25) is 5.02 Å². The van der Waals surface area contributed by atoms with Gasteiger partial charge in [-0.3, -0.25) is 19.8 Å². The molecule has 154 valence electrons. The zero-order valence-electron chi connectivity index (χ0n) is 16.0. The number of halogens is 1. The average Bonchev–Trinajstić information content (AvgIpc) is 3.22. The van der Waals surface area contributed by atoms with E-state index in [1.807, 2.05) is 29.6 Å². The Hall–Kier alpha value is -2.81. The van der Waals surface area contributed by atoms with Crippen LogP contribution in [-0.4, -0.2) is 51.8 Å². The highest BCUT2D eigenvalue weighted by Gasteiger charge is 2.27. The third kappa shape index (κ3) is 4.51. The fourth-order valence-corrected chi connectivity index (χ4v) is 4.39. The number of thiazole rings is 1. The maximum Gasteiger partial charge on any atom is 0.282 e. The monoisotopic (exact) mass is 442 g/mol. The first kappa shape index (κ1) is 20.5. The summed E-state index contributed by atoms with van der Waals surface area (Å²) in [5, 5.41) is 14.9. The number of hydrogen-bond acceptors (Lipinski definition) is 6. The number of rotatable bonds is 5. The number of para-hydroxylation sites is 1. The summed E-state index contributed by atoms with van der Waals surface area (Å²) in [6.45, 7) is 3.16. The number of hydrogen-bond donors (Lipinski definition) is 0. The highest BCUT2D eigenvalue weighted by atomic mass is 35.5. The smallest absolute Gasteiger partial charge is 0.282 e. The molecule has 1 amide bonds. The summed E-state index contributed by atoms with van der Waals surface area (Å²) in [6, 6.07) is 13.7. The second-order valence-corrected chi connectivity index (χ2v) is 8.36. The van der Waals surface area contributed by atoms with E-state index in [0.717, 1.165) is 16.3 Å². The second kappa shape index (κ2) is 8.91. The second-order valence-electron chi connectivity index (χ2n) is 6.98. The summed E-state index contributed by atoms with van der Waals surface area (Å²) in [6.07, 6.45) is 0. The van der Waals surface area contributed by atoms with E-state index in [2.05, 4.69) is 4.90 Å². The Morgan fingerprint density at radius 3 is 2.50 bits per heavy atom. The lowest BCUT2D eigenvalue weighted by Crippen LogP contribution is -2.48. The van der Waals surface area contributed by atoms with Crippen molar-refractivity contribution >= 4 is 34.5 Å². The predicted octanol–water partition coefficient (Wildman–Crippen LogP) is 4.33. The minimum Gasteiger partial charge on any atom is -0.336 e. The van der Waals surface area contributed by atoms with Crippen molar-refractivity contribution < 1.29 is 9.72 Å². The van der Waals surface area contributed by atoms with Crippen molar-refractivity contribution in [1.29, 1.82) is 0 Å². The SMILES string of the molecule is O=C(c1ccccc1[N+](=O)[O-])N1CCN(Cc2nc(-c3ccc(Cl)cc3)cs2)CC1. The summed E-state index contributed by atoms with van der Waals surface area (Å²) >= 11 is 7.55. The van der Waals surface area contributed by atoms with Gasteiger partial charge in [-0.1, -0.05) is 35.9 Å². The minimum absolute atomic E-state index is 0.142. The number of carbonyl (C=O) groups is 1. The number of carbonyl (C=O) groups excluding carboxylic acids is 1. The zero-order valence-corrected chi connectivity index (χ0v) is 17.6. The summed E-state index contributed by atoms with van der Waals surface area (Å²) in [7, 11) is 0. The molecular weight excluding hydrogens is 424 g/mol.